The molecule has 2 amide bonds. The van der Waals surface area contributed by atoms with Crippen LogP contribution >= 0.6 is 11.6 Å². The summed E-state index contributed by atoms with van der Waals surface area (Å²) in [5.74, 6) is 1.20. The van der Waals surface area contributed by atoms with E-state index < -0.39 is 0 Å². The highest BCUT2D eigenvalue weighted by Gasteiger charge is 2.21. The number of aryl methyl sites for hydroxylation is 1. The lowest BCUT2D eigenvalue weighted by Gasteiger charge is -2.36. The van der Waals surface area contributed by atoms with Gasteiger partial charge in [-0.15, -0.1) is 0 Å². The first-order valence-electron chi connectivity index (χ1n) is 11.4. The Balaban J connectivity index is 1.40. The third-order valence-electron chi connectivity index (χ3n) is 5.92. The maximum atomic E-state index is 12.6. The Bertz CT molecular complexity index is 1210. The lowest BCUT2D eigenvalue weighted by atomic mass is 10.1. The van der Waals surface area contributed by atoms with Gasteiger partial charge in [0.05, 0.1) is 11.4 Å². The van der Waals surface area contributed by atoms with E-state index in [4.69, 9.17) is 16.0 Å². The fourth-order valence-electron chi connectivity index (χ4n) is 3.95. The molecule has 0 spiro atoms. The summed E-state index contributed by atoms with van der Waals surface area (Å²) in [5, 5.41) is 3.65. The number of hydrogen-bond acceptors (Lipinski definition) is 4. The van der Waals surface area contributed by atoms with Crippen LogP contribution in [0, 0.1) is 6.92 Å². The molecule has 0 unspecified atom stereocenters. The number of rotatable bonds is 6. The fraction of sp³-hybridized carbons (Fsp3) is 0.259. The van der Waals surface area contributed by atoms with Gasteiger partial charge < -0.3 is 19.5 Å². The van der Waals surface area contributed by atoms with E-state index >= 15 is 0 Å². The van der Waals surface area contributed by atoms with E-state index in [-0.39, 0.29) is 11.8 Å². The Hall–Kier alpha value is -3.51. The molecular formula is C27H28ClN3O3. The quantitative estimate of drug-likeness (QED) is 0.468. The molecule has 0 bridgehead atoms. The van der Waals surface area contributed by atoms with E-state index in [9.17, 15) is 9.59 Å². The number of halogens is 1. The minimum Gasteiger partial charge on any atom is -0.457 e. The molecule has 0 saturated carbocycles. The van der Waals surface area contributed by atoms with Gasteiger partial charge in [-0.05, 0) is 48.9 Å². The smallest absolute Gasteiger partial charge is 0.248 e. The summed E-state index contributed by atoms with van der Waals surface area (Å²) in [6.07, 6.45) is 3.63. The summed E-state index contributed by atoms with van der Waals surface area (Å²) in [4.78, 5) is 28.7. The van der Waals surface area contributed by atoms with Gasteiger partial charge in [0.15, 0.2) is 0 Å². The lowest BCUT2D eigenvalue weighted by Crippen LogP contribution is -2.48. The molecule has 1 aliphatic heterocycles. The molecule has 0 aliphatic carbocycles. The van der Waals surface area contributed by atoms with Crippen molar-refractivity contribution < 1.29 is 14.0 Å². The molecule has 4 rings (SSSR count). The zero-order valence-electron chi connectivity index (χ0n) is 19.4. The molecule has 6 nitrogen and oxygen atoms in total. The van der Waals surface area contributed by atoms with Crippen molar-refractivity contribution in [3.63, 3.8) is 0 Å². The number of nitrogens with zero attached hydrogens (tertiary/aromatic N) is 2. The van der Waals surface area contributed by atoms with E-state index in [0.29, 0.717) is 36.1 Å². The molecule has 1 aliphatic rings. The van der Waals surface area contributed by atoms with Gasteiger partial charge in [-0.3, -0.25) is 9.59 Å². The standard InChI is InChI=1S/C27H28ClN3O3/c1-3-27(33)31-16-14-30(15-17-31)24-7-5-4-6-23(24)29-26(32)13-11-21-10-12-25(34-21)20-9-8-19(2)22(28)18-20/h4-13,18H,3,14-17H2,1-2H3,(H,29,32)/b13-11+. The Morgan fingerprint density at radius 3 is 2.56 bits per heavy atom. The molecular weight excluding hydrogens is 450 g/mol. The molecule has 2 aromatic carbocycles. The van der Waals surface area contributed by atoms with Crippen molar-refractivity contribution >= 4 is 40.9 Å². The van der Waals surface area contributed by atoms with Gasteiger partial charge >= 0.3 is 0 Å². The van der Waals surface area contributed by atoms with Crippen LogP contribution in [-0.2, 0) is 9.59 Å². The largest absolute Gasteiger partial charge is 0.457 e. The average Bonchev–Trinajstić information content (AvgIpc) is 3.33. The van der Waals surface area contributed by atoms with Gasteiger partial charge in [-0.25, -0.2) is 0 Å². The lowest BCUT2D eigenvalue weighted by molar-refractivity contribution is -0.131. The zero-order valence-corrected chi connectivity index (χ0v) is 20.1. The minimum absolute atomic E-state index is 0.179. The van der Waals surface area contributed by atoms with Crippen molar-refractivity contribution in [1.29, 1.82) is 0 Å². The second-order valence-corrected chi connectivity index (χ2v) is 8.63. The third-order valence-corrected chi connectivity index (χ3v) is 6.33. The molecule has 1 fully saturated rings. The highest BCUT2D eigenvalue weighted by molar-refractivity contribution is 6.31. The predicted octanol–water partition coefficient (Wildman–Crippen LogP) is 5.62. The van der Waals surface area contributed by atoms with E-state index in [2.05, 4.69) is 10.2 Å². The average molecular weight is 478 g/mol. The first kappa shape index (κ1) is 23.6. The summed E-state index contributed by atoms with van der Waals surface area (Å²) in [7, 11) is 0. The zero-order chi connectivity index (χ0) is 24.1. The van der Waals surface area contributed by atoms with Crippen molar-refractivity contribution in [2.75, 3.05) is 36.4 Å². The van der Waals surface area contributed by atoms with Crippen molar-refractivity contribution in [1.82, 2.24) is 4.90 Å². The molecule has 3 aromatic rings. The number of piperazine rings is 1. The number of carbonyl (C=O) groups excluding carboxylic acids is 2. The number of hydrogen-bond donors (Lipinski definition) is 1. The summed E-state index contributed by atoms with van der Waals surface area (Å²) in [5.41, 5.74) is 3.57. The molecule has 1 saturated heterocycles. The van der Waals surface area contributed by atoms with E-state index in [0.717, 1.165) is 35.6 Å². The monoisotopic (exact) mass is 477 g/mol. The van der Waals surface area contributed by atoms with Gasteiger partial charge in [0.25, 0.3) is 0 Å². The second-order valence-electron chi connectivity index (χ2n) is 8.23. The van der Waals surface area contributed by atoms with Gasteiger partial charge in [0.1, 0.15) is 11.5 Å². The van der Waals surface area contributed by atoms with E-state index in [1.807, 2.05) is 73.3 Å². The van der Waals surface area contributed by atoms with Crippen molar-refractivity contribution in [3.05, 3.63) is 77.0 Å². The molecule has 176 valence electrons. The normalized spacial score (nSPS) is 14.0. The first-order chi connectivity index (χ1) is 16.4. The number of amides is 2. The van der Waals surface area contributed by atoms with Crippen LogP contribution in [0.2, 0.25) is 5.02 Å². The molecule has 1 aromatic heterocycles. The number of anilines is 2. The number of carbonyl (C=O) groups is 2. The number of para-hydroxylation sites is 2. The summed E-state index contributed by atoms with van der Waals surface area (Å²) >= 11 is 6.22. The van der Waals surface area contributed by atoms with Crippen molar-refractivity contribution in [2.45, 2.75) is 20.3 Å². The van der Waals surface area contributed by atoms with Gasteiger partial charge in [-0.1, -0.05) is 42.8 Å². The van der Waals surface area contributed by atoms with Crippen molar-refractivity contribution in [2.24, 2.45) is 0 Å². The second kappa shape index (κ2) is 10.6. The van der Waals surface area contributed by atoms with E-state index in [1.165, 1.54) is 6.08 Å². The first-order valence-corrected chi connectivity index (χ1v) is 11.8. The van der Waals surface area contributed by atoms with Gasteiger partial charge in [-0.2, -0.15) is 0 Å². The van der Waals surface area contributed by atoms with Crippen LogP contribution in [0.4, 0.5) is 11.4 Å². The van der Waals surface area contributed by atoms with Crippen LogP contribution in [0.15, 0.2) is 65.1 Å². The Morgan fingerprint density at radius 2 is 1.82 bits per heavy atom. The Labute approximate surface area is 204 Å². The van der Waals surface area contributed by atoms with Crippen LogP contribution in [0.25, 0.3) is 17.4 Å². The molecule has 1 N–H and O–H groups in total. The SMILES string of the molecule is CCC(=O)N1CCN(c2ccccc2NC(=O)/C=C/c2ccc(-c3ccc(C)c(Cl)c3)o2)CC1. The topological polar surface area (TPSA) is 65.8 Å². The van der Waals surface area contributed by atoms with Crippen LogP contribution in [0.5, 0.6) is 0 Å². The Kier molecular flexibility index (Phi) is 7.38. The third kappa shape index (κ3) is 5.51. The molecule has 0 radical (unpaired) electrons. The van der Waals surface area contributed by atoms with Crippen LogP contribution in [0.3, 0.4) is 0 Å². The summed E-state index contributed by atoms with van der Waals surface area (Å²) < 4.78 is 5.86. The van der Waals surface area contributed by atoms with Crippen LogP contribution < -0.4 is 10.2 Å². The van der Waals surface area contributed by atoms with Crippen molar-refractivity contribution in [3.8, 4) is 11.3 Å². The van der Waals surface area contributed by atoms with Gasteiger partial charge in [0, 0.05) is 49.3 Å². The number of nitrogens with one attached hydrogen (secondary N) is 1. The molecule has 0 atom stereocenters. The van der Waals surface area contributed by atoms with Gasteiger partial charge in [0.2, 0.25) is 11.8 Å². The number of benzene rings is 2. The highest BCUT2D eigenvalue weighted by atomic mass is 35.5. The minimum atomic E-state index is -0.247. The number of furan rings is 1. The summed E-state index contributed by atoms with van der Waals surface area (Å²) in [6.45, 7) is 6.66. The summed E-state index contributed by atoms with van der Waals surface area (Å²) in [6, 6.07) is 17.2. The van der Waals surface area contributed by atoms with E-state index in [1.54, 1.807) is 6.08 Å². The molecule has 7 heteroatoms. The molecule has 34 heavy (non-hydrogen) atoms. The fourth-order valence-corrected chi connectivity index (χ4v) is 4.13. The Morgan fingerprint density at radius 1 is 1.06 bits per heavy atom. The van der Waals surface area contributed by atoms with Crippen LogP contribution in [-0.4, -0.2) is 42.9 Å². The molecule has 2 heterocycles. The van der Waals surface area contributed by atoms with Crippen LogP contribution in [0.1, 0.15) is 24.7 Å². The maximum absolute atomic E-state index is 12.6. The predicted molar refractivity (Wildman–Crippen MR) is 137 cm³/mol. The highest BCUT2D eigenvalue weighted by Crippen LogP contribution is 2.28. The maximum Gasteiger partial charge on any atom is 0.248 e.